The van der Waals surface area contributed by atoms with Crippen LogP contribution in [0.1, 0.15) is 0 Å². The summed E-state index contributed by atoms with van der Waals surface area (Å²) in [4.78, 5) is 11.4. The van der Waals surface area contributed by atoms with Crippen molar-refractivity contribution in [2.75, 3.05) is 5.73 Å². The second-order valence-corrected chi connectivity index (χ2v) is 6.17. The molecule has 0 spiro atoms. The van der Waals surface area contributed by atoms with Gasteiger partial charge in [0.2, 0.25) is 0 Å². The zero-order valence-electron chi connectivity index (χ0n) is 13.9. The third-order valence-corrected chi connectivity index (χ3v) is 3.64. The fourth-order valence-corrected chi connectivity index (χ4v) is 2.54. The Hall–Kier alpha value is -2.98. The molecule has 0 amide bonds. The van der Waals surface area contributed by atoms with Crippen molar-refractivity contribution in [3.63, 3.8) is 0 Å². The van der Waals surface area contributed by atoms with Crippen molar-refractivity contribution < 1.29 is 32.1 Å². The lowest BCUT2D eigenvalue weighted by Crippen LogP contribution is -2.30. The highest BCUT2D eigenvalue weighted by Gasteiger charge is 2.10. The lowest BCUT2D eigenvalue weighted by Gasteiger charge is -2.06. The lowest BCUT2D eigenvalue weighted by molar-refractivity contribution is -1.63. The first kappa shape index (κ1) is 18.8. The summed E-state index contributed by atoms with van der Waals surface area (Å²) in [5, 5.41) is 0.837. The molecule has 0 radical (unpaired) electrons. The van der Waals surface area contributed by atoms with Crippen molar-refractivity contribution in [3.8, 4) is 22.6 Å². The van der Waals surface area contributed by atoms with Gasteiger partial charge in [0, 0.05) is 11.8 Å². The van der Waals surface area contributed by atoms with E-state index in [4.69, 9.17) is 23.1 Å². The molecule has 2 aromatic heterocycles. The highest BCUT2D eigenvalue weighted by molar-refractivity contribution is 6.00. The normalized spacial score (nSPS) is 10.5. The van der Waals surface area contributed by atoms with E-state index in [0.717, 1.165) is 33.7 Å². The molecule has 27 heavy (non-hydrogen) atoms. The number of fused-ring (bicyclic) bond motifs is 1. The van der Waals surface area contributed by atoms with Crippen molar-refractivity contribution >= 4 is 16.9 Å². The average molecular weight is 431 g/mol. The summed E-state index contributed by atoms with van der Waals surface area (Å²) in [5.41, 5.74) is 8.71. The summed E-state index contributed by atoms with van der Waals surface area (Å²) in [6.45, 7) is 0. The number of hydrogen-bond acceptors (Lipinski definition) is 7. The van der Waals surface area contributed by atoms with Gasteiger partial charge in [0.05, 0.1) is 5.39 Å². The molecule has 4 rings (SSSR count). The Morgan fingerprint density at radius 1 is 0.963 bits per heavy atom. The molecular weight excluding hydrogens is 416 g/mol. The summed E-state index contributed by atoms with van der Waals surface area (Å²) in [6.07, 6.45) is 3.34. The number of nitrogen functional groups attached to an aromatic ring is 1. The molecule has 0 saturated heterocycles. The van der Waals surface area contributed by atoms with E-state index < -0.39 is 14.8 Å². The molecule has 9 heteroatoms. The molecule has 0 fully saturated rings. The number of hydrogen-bond donors (Lipinski definition) is 3. The van der Waals surface area contributed by atoms with Crippen molar-refractivity contribution in [2.24, 2.45) is 0 Å². The number of ether oxygens (including phenoxy) is 1. The van der Waals surface area contributed by atoms with E-state index in [1.54, 1.807) is 0 Å². The molecule has 2 aromatic carbocycles. The predicted octanol–water partition coefficient (Wildman–Crippen LogP) is 1.06. The van der Waals surface area contributed by atoms with Gasteiger partial charge in [0.25, 0.3) is 0 Å². The van der Waals surface area contributed by atoms with E-state index >= 15 is 0 Å². The van der Waals surface area contributed by atoms with Crippen LogP contribution in [0.4, 0.5) is 5.82 Å². The van der Waals surface area contributed by atoms with Gasteiger partial charge in [-0.3, -0.25) is 0 Å². The van der Waals surface area contributed by atoms with Crippen LogP contribution in [0.5, 0.6) is 11.5 Å². The first-order valence-electron chi connectivity index (χ1n) is 7.70. The SMILES string of the molecule is Nc1ncnc2[nH]cc(-c3ccc(Oc4ccccc4)cc3)c12.[O-][Br+2]([O-])O. The smallest absolute Gasteiger partial charge is 0.433 e. The number of benzene rings is 2. The third-order valence-electron chi connectivity index (χ3n) is 3.64. The zero-order chi connectivity index (χ0) is 19.2. The fourth-order valence-electron chi connectivity index (χ4n) is 2.54. The summed E-state index contributed by atoms with van der Waals surface area (Å²) >= 11 is -3.40. The van der Waals surface area contributed by atoms with E-state index in [1.165, 1.54) is 6.33 Å². The summed E-state index contributed by atoms with van der Waals surface area (Å²) in [5.74, 6) is 2.06. The van der Waals surface area contributed by atoms with Gasteiger partial charge in [-0.15, -0.1) is 0 Å². The van der Waals surface area contributed by atoms with Gasteiger partial charge in [-0.2, -0.15) is 0 Å². The van der Waals surface area contributed by atoms with Gasteiger partial charge in [-0.05, 0) is 34.0 Å². The first-order chi connectivity index (χ1) is 13.0. The highest BCUT2D eigenvalue weighted by Crippen LogP contribution is 2.32. The number of anilines is 1. The minimum Gasteiger partial charge on any atom is -0.457 e. The molecule has 0 unspecified atom stereocenters. The number of nitrogens with two attached hydrogens (primary N) is 1. The van der Waals surface area contributed by atoms with Crippen LogP contribution in [0.2, 0.25) is 0 Å². The zero-order valence-corrected chi connectivity index (χ0v) is 15.5. The van der Waals surface area contributed by atoms with Crippen molar-refractivity contribution in [3.05, 3.63) is 67.1 Å². The van der Waals surface area contributed by atoms with E-state index in [0.29, 0.717) is 5.82 Å². The summed E-state index contributed by atoms with van der Waals surface area (Å²) < 4.78 is 30.1. The maximum absolute atomic E-state index is 8.63. The highest BCUT2D eigenvalue weighted by atomic mass is 80.0. The summed E-state index contributed by atoms with van der Waals surface area (Å²) in [6, 6.07) is 17.5. The summed E-state index contributed by atoms with van der Waals surface area (Å²) in [7, 11) is 0. The largest absolute Gasteiger partial charge is 0.457 e. The standard InChI is InChI=1S/C18H14N4O.BrHO3/c19-17-16-15(10-20-18(16)22-11-21-17)12-6-8-14(9-7-12)23-13-4-2-1-3-5-13;2-1(3)4/h1-11H,(H3,19,20,21,22);2H. The molecule has 0 atom stereocenters. The van der Waals surface area contributed by atoms with E-state index in [-0.39, 0.29) is 0 Å². The Balaban J connectivity index is 0.000000481. The van der Waals surface area contributed by atoms with Crippen LogP contribution < -0.4 is 18.9 Å². The van der Waals surface area contributed by atoms with Crippen LogP contribution >= 0.6 is 0 Å². The number of H-pyrrole nitrogens is 1. The molecule has 4 aromatic rings. The van der Waals surface area contributed by atoms with Gasteiger partial charge < -0.3 is 23.9 Å². The second-order valence-electron chi connectivity index (χ2n) is 5.33. The van der Waals surface area contributed by atoms with Crippen LogP contribution in [0.25, 0.3) is 22.2 Å². The molecule has 0 bridgehead atoms. The molecule has 0 saturated carbocycles. The number of aromatic amines is 1. The Bertz CT molecular complexity index is 1000. The fraction of sp³-hybridized carbons (Fsp3) is 0. The second kappa shape index (κ2) is 8.60. The van der Waals surface area contributed by atoms with E-state index in [2.05, 4.69) is 15.0 Å². The maximum atomic E-state index is 8.63. The number of nitrogens with zero attached hydrogens (tertiary/aromatic N) is 2. The molecule has 0 aliphatic rings. The van der Waals surface area contributed by atoms with E-state index in [9.17, 15) is 0 Å². The van der Waals surface area contributed by atoms with Crippen molar-refractivity contribution in [2.45, 2.75) is 0 Å². The van der Waals surface area contributed by atoms with Crippen LogP contribution in [0.3, 0.4) is 0 Å². The molecular formula is C18H15BrN4O4. The van der Waals surface area contributed by atoms with Crippen LogP contribution in [0, 0.1) is 14.8 Å². The number of halogens is 1. The number of aromatic nitrogens is 3. The molecule has 8 nitrogen and oxygen atoms in total. The quantitative estimate of drug-likeness (QED) is 0.440. The Morgan fingerprint density at radius 3 is 2.26 bits per heavy atom. The third kappa shape index (κ3) is 4.80. The minimum absolute atomic E-state index is 0.468. The molecule has 4 N–H and O–H groups in total. The Morgan fingerprint density at radius 2 is 1.59 bits per heavy atom. The van der Waals surface area contributed by atoms with Gasteiger partial charge >= 0.3 is 14.8 Å². The van der Waals surface area contributed by atoms with Crippen molar-refractivity contribution in [1.82, 2.24) is 15.0 Å². The maximum Gasteiger partial charge on any atom is 0.433 e. The Kier molecular flexibility index (Phi) is 5.99. The van der Waals surface area contributed by atoms with Crippen LogP contribution in [-0.4, -0.2) is 19.1 Å². The van der Waals surface area contributed by atoms with E-state index in [1.807, 2.05) is 60.8 Å². The lowest BCUT2D eigenvalue weighted by atomic mass is 10.1. The average Bonchev–Trinajstić information content (AvgIpc) is 3.08. The van der Waals surface area contributed by atoms with Crippen LogP contribution in [0.15, 0.2) is 67.1 Å². The number of para-hydroxylation sites is 1. The predicted molar refractivity (Wildman–Crippen MR) is 92.5 cm³/mol. The minimum atomic E-state index is -3.40. The van der Waals surface area contributed by atoms with Crippen molar-refractivity contribution in [1.29, 1.82) is 0 Å². The molecule has 2 heterocycles. The van der Waals surface area contributed by atoms with Gasteiger partial charge in [-0.25, -0.2) is 9.97 Å². The molecule has 0 aliphatic heterocycles. The van der Waals surface area contributed by atoms with Gasteiger partial charge in [0.15, 0.2) is 0 Å². The monoisotopic (exact) mass is 430 g/mol. The van der Waals surface area contributed by atoms with Gasteiger partial charge in [-0.1, -0.05) is 30.3 Å². The van der Waals surface area contributed by atoms with Gasteiger partial charge in [0.1, 0.15) is 29.3 Å². The van der Waals surface area contributed by atoms with Crippen LogP contribution in [-0.2, 0) is 0 Å². The Labute approximate surface area is 159 Å². The number of rotatable bonds is 3. The molecule has 138 valence electrons. The first-order valence-corrected chi connectivity index (χ1v) is 9.70. The number of nitrogens with one attached hydrogen (secondary N) is 1. The topological polar surface area (TPSA) is 143 Å². The molecule has 0 aliphatic carbocycles.